The molecule has 26 heavy (non-hydrogen) atoms. The molecule has 0 bridgehead atoms. The lowest BCUT2D eigenvalue weighted by Gasteiger charge is -2.36. The van der Waals surface area contributed by atoms with E-state index in [1.54, 1.807) is 0 Å². The molecule has 0 spiro atoms. The fourth-order valence-electron chi connectivity index (χ4n) is 2.71. The van der Waals surface area contributed by atoms with Crippen LogP contribution in [0.25, 0.3) is 11.0 Å². The summed E-state index contributed by atoms with van der Waals surface area (Å²) in [5, 5.41) is 0.705. The van der Waals surface area contributed by atoms with E-state index in [0.717, 1.165) is 23.3 Å². The van der Waals surface area contributed by atoms with Crippen LogP contribution in [0, 0.1) is 0 Å². The molecule has 0 saturated heterocycles. The summed E-state index contributed by atoms with van der Waals surface area (Å²) in [7, 11) is -1.82. The van der Waals surface area contributed by atoms with Crippen molar-refractivity contribution in [2.45, 2.75) is 52.1 Å². The lowest BCUT2D eigenvalue weighted by Crippen LogP contribution is -2.40. The smallest absolute Gasteiger partial charge is 0.192 e. The Kier molecular flexibility index (Phi) is 5.29. The fraction of sp³-hybridized carbons (Fsp3) is 0.381. The monoisotopic (exact) mass is 386 g/mol. The standard InChI is InChI=1S/C21H27ClN2OSi/c1-21(2,3)26(4,5)25-15-17-13-18-19(11-12-20(22)23-18)24(17)14-16-9-7-6-8-10-16/h6-13H,14-15H2,1-5H3. The number of nitrogens with zero attached hydrogens (tertiary/aromatic N) is 2. The zero-order valence-corrected chi connectivity index (χ0v) is 18.0. The van der Waals surface area contributed by atoms with Crippen LogP contribution in [0.5, 0.6) is 0 Å². The van der Waals surface area contributed by atoms with Crippen LogP contribution < -0.4 is 0 Å². The Labute approximate surface area is 162 Å². The minimum Gasteiger partial charge on any atom is -0.411 e. The average molecular weight is 387 g/mol. The lowest BCUT2D eigenvalue weighted by atomic mass is 10.2. The summed E-state index contributed by atoms with van der Waals surface area (Å²) in [5.41, 5.74) is 4.41. The Morgan fingerprint density at radius 2 is 1.77 bits per heavy atom. The average Bonchev–Trinajstić information content (AvgIpc) is 2.90. The summed E-state index contributed by atoms with van der Waals surface area (Å²) in [6.45, 7) is 12.7. The molecule has 3 rings (SSSR count). The molecule has 2 heterocycles. The number of fused-ring (bicyclic) bond motifs is 1. The van der Waals surface area contributed by atoms with Gasteiger partial charge in [-0.1, -0.05) is 62.7 Å². The predicted molar refractivity (Wildman–Crippen MR) is 112 cm³/mol. The van der Waals surface area contributed by atoms with E-state index in [2.05, 4.69) is 73.7 Å². The number of halogens is 1. The highest BCUT2D eigenvalue weighted by Gasteiger charge is 2.37. The second kappa shape index (κ2) is 7.18. The normalized spacial score (nSPS) is 12.7. The van der Waals surface area contributed by atoms with E-state index in [0.29, 0.717) is 11.8 Å². The minimum atomic E-state index is -1.82. The fourth-order valence-corrected chi connectivity index (χ4v) is 3.81. The molecule has 0 saturated carbocycles. The lowest BCUT2D eigenvalue weighted by molar-refractivity contribution is 0.268. The van der Waals surface area contributed by atoms with Crippen molar-refractivity contribution in [3.8, 4) is 0 Å². The van der Waals surface area contributed by atoms with Crippen molar-refractivity contribution in [3.63, 3.8) is 0 Å². The van der Waals surface area contributed by atoms with Crippen molar-refractivity contribution in [2.24, 2.45) is 0 Å². The number of benzene rings is 1. The molecule has 138 valence electrons. The van der Waals surface area contributed by atoms with E-state index < -0.39 is 8.32 Å². The molecular weight excluding hydrogens is 360 g/mol. The van der Waals surface area contributed by atoms with Gasteiger partial charge < -0.3 is 8.99 Å². The molecule has 0 amide bonds. The third-order valence-corrected chi connectivity index (χ3v) is 10.1. The van der Waals surface area contributed by atoms with Crippen molar-refractivity contribution in [1.82, 2.24) is 9.55 Å². The number of pyridine rings is 1. The number of hydrogen-bond acceptors (Lipinski definition) is 2. The van der Waals surface area contributed by atoms with Gasteiger partial charge in [0.15, 0.2) is 8.32 Å². The molecule has 0 atom stereocenters. The van der Waals surface area contributed by atoms with Gasteiger partial charge in [0.25, 0.3) is 0 Å². The van der Waals surface area contributed by atoms with Gasteiger partial charge in [-0.2, -0.15) is 0 Å². The molecule has 0 N–H and O–H groups in total. The molecule has 0 aliphatic heterocycles. The number of aromatic nitrogens is 2. The van der Waals surface area contributed by atoms with Gasteiger partial charge in [-0.3, -0.25) is 0 Å². The van der Waals surface area contributed by atoms with Crippen LogP contribution in [0.4, 0.5) is 0 Å². The molecule has 3 aromatic rings. The van der Waals surface area contributed by atoms with Crippen LogP contribution in [0.15, 0.2) is 48.5 Å². The van der Waals surface area contributed by atoms with Crippen LogP contribution in [0.3, 0.4) is 0 Å². The van der Waals surface area contributed by atoms with Crippen LogP contribution in [-0.4, -0.2) is 17.9 Å². The number of rotatable bonds is 5. The Morgan fingerprint density at radius 3 is 2.42 bits per heavy atom. The van der Waals surface area contributed by atoms with Crippen LogP contribution in [-0.2, 0) is 17.6 Å². The second-order valence-electron chi connectivity index (χ2n) is 8.29. The van der Waals surface area contributed by atoms with Gasteiger partial charge in [0, 0.05) is 12.2 Å². The first-order valence-electron chi connectivity index (χ1n) is 9.00. The van der Waals surface area contributed by atoms with Gasteiger partial charge in [-0.15, -0.1) is 0 Å². The summed E-state index contributed by atoms with van der Waals surface area (Å²) in [6, 6.07) is 16.5. The van der Waals surface area contributed by atoms with Crippen molar-refractivity contribution in [3.05, 3.63) is 64.9 Å². The van der Waals surface area contributed by atoms with E-state index in [1.807, 2.05) is 18.2 Å². The zero-order chi connectivity index (χ0) is 18.9. The SMILES string of the molecule is CC(C)(C)[Si](C)(C)OCc1cc2nc(Cl)ccc2n1Cc1ccccc1. The second-order valence-corrected chi connectivity index (χ2v) is 13.5. The maximum Gasteiger partial charge on any atom is 0.192 e. The Hall–Kier alpha value is -1.62. The summed E-state index contributed by atoms with van der Waals surface area (Å²) in [6.07, 6.45) is 0. The quantitative estimate of drug-likeness (QED) is 0.382. The van der Waals surface area contributed by atoms with Crippen molar-refractivity contribution >= 4 is 31.0 Å². The molecule has 0 aliphatic rings. The number of hydrogen-bond donors (Lipinski definition) is 0. The topological polar surface area (TPSA) is 27.1 Å². The zero-order valence-electron chi connectivity index (χ0n) is 16.2. The summed E-state index contributed by atoms with van der Waals surface area (Å²) < 4.78 is 8.77. The first kappa shape index (κ1) is 19.1. The molecule has 0 aliphatic carbocycles. The summed E-state index contributed by atoms with van der Waals surface area (Å²) >= 11 is 6.11. The van der Waals surface area contributed by atoms with Gasteiger partial charge in [0.2, 0.25) is 0 Å². The van der Waals surface area contributed by atoms with E-state index in [-0.39, 0.29) is 5.04 Å². The van der Waals surface area contributed by atoms with Crippen molar-refractivity contribution < 1.29 is 4.43 Å². The van der Waals surface area contributed by atoms with E-state index in [1.165, 1.54) is 5.56 Å². The van der Waals surface area contributed by atoms with Crippen LogP contribution >= 0.6 is 11.6 Å². The van der Waals surface area contributed by atoms with E-state index in [9.17, 15) is 0 Å². The Bertz CT molecular complexity index is 898. The van der Waals surface area contributed by atoms with Gasteiger partial charge in [-0.25, -0.2) is 4.98 Å². The molecule has 0 fully saturated rings. The Morgan fingerprint density at radius 1 is 1.08 bits per heavy atom. The highest BCUT2D eigenvalue weighted by Crippen LogP contribution is 2.37. The molecule has 0 unspecified atom stereocenters. The highest BCUT2D eigenvalue weighted by atomic mass is 35.5. The first-order valence-corrected chi connectivity index (χ1v) is 12.3. The highest BCUT2D eigenvalue weighted by molar-refractivity contribution is 6.74. The Balaban J connectivity index is 1.97. The van der Waals surface area contributed by atoms with Crippen LogP contribution in [0.1, 0.15) is 32.0 Å². The predicted octanol–water partition coefficient (Wildman–Crippen LogP) is 6.26. The molecule has 1 aromatic carbocycles. The molecule has 2 aromatic heterocycles. The minimum absolute atomic E-state index is 0.185. The third-order valence-electron chi connectivity index (χ3n) is 5.38. The van der Waals surface area contributed by atoms with Gasteiger partial charge >= 0.3 is 0 Å². The van der Waals surface area contributed by atoms with Gasteiger partial charge in [0.1, 0.15) is 5.15 Å². The largest absolute Gasteiger partial charge is 0.411 e. The summed E-state index contributed by atoms with van der Waals surface area (Å²) in [5.74, 6) is 0. The summed E-state index contributed by atoms with van der Waals surface area (Å²) in [4.78, 5) is 4.49. The van der Waals surface area contributed by atoms with Crippen molar-refractivity contribution in [1.29, 1.82) is 0 Å². The van der Waals surface area contributed by atoms with Crippen molar-refractivity contribution in [2.75, 3.05) is 0 Å². The van der Waals surface area contributed by atoms with Crippen LogP contribution in [0.2, 0.25) is 23.3 Å². The van der Waals surface area contributed by atoms with Gasteiger partial charge in [-0.05, 0) is 41.9 Å². The maximum atomic E-state index is 6.48. The third kappa shape index (κ3) is 4.03. The van der Waals surface area contributed by atoms with E-state index in [4.69, 9.17) is 16.0 Å². The maximum absolute atomic E-state index is 6.48. The molecule has 3 nitrogen and oxygen atoms in total. The first-order chi connectivity index (χ1) is 12.2. The molecular formula is C21H27ClN2OSi. The van der Waals surface area contributed by atoms with E-state index >= 15 is 0 Å². The van der Waals surface area contributed by atoms with Gasteiger partial charge in [0.05, 0.1) is 17.6 Å². The molecule has 5 heteroatoms. The molecule has 0 radical (unpaired) electrons.